The van der Waals surface area contributed by atoms with Gasteiger partial charge in [0.15, 0.2) is 0 Å². The van der Waals surface area contributed by atoms with Crippen molar-refractivity contribution in [2.75, 3.05) is 13.7 Å². The summed E-state index contributed by atoms with van der Waals surface area (Å²) in [5.74, 6) is 0.208. The molecule has 2 aromatic carbocycles. The SMILES string of the molecule is COC(=O)[C@@H]1[C@H](c2ccccc2)[C@H]1c1ccc(C2=CC=NCC2)cc1. The summed E-state index contributed by atoms with van der Waals surface area (Å²) >= 11 is 0. The van der Waals surface area contributed by atoms with E-state index in [2.05, 4.69) is 47.5 Å². The summed E-state index contributed by atoms with van der Waals surface area (Å²) in [5, 5.41) is 0. The smallest absolute Gasteiger partial charge is 0.309 e. The lowest BCUT2D eigenvalue weighted by molar-refractivity contribution is -0.142. The van der Waals surface area contributed by atoms with Gasteiger partial charge in [0.1, 0.15) is 0 Å². The Bertz CT molecular complexity index is 821. The van der Waals surface area contributed by atoms with Crippen LogP contribution in [0.2, 0.25) is 0 Å². The zero-order valence-corrected chi connectivity index (χ0v) is 14.3. The number of allylic oxidation sites excluding steroid dienone is 1. The maximum absolute atomic E-state index is 12.2. The van der Waals surface area contributed by atoms with Crippen molar-refractivity contribution in [3.63, 3.8) is 0 Å². The van der Waals surface area contributed by atoms with Crippen molar-refractivity contribution >= 4 is 17.8 Å². The first kappa shape index (κ1) is 15.8. The summed E-state index contributed by atoms with van der Waals surface area (Å²) in [4.78, 5) is 16.4. The fourth-order valence-electron chi connectivity index (χ4n) is 3.89. The summed E-state index contributed by atoms with van der Waals surface area (Å²) in [7, 11) is 1.47. The van der Waals surface area contributed by atoms with Crippen molar-refractivity contribution in [3.05, 3.63) is 77.4 Å². The molecule has 2 aliphatic rings. The molecule has 1 aliphatic heterocycles. The Morgan fingerprint density at radius 1 is 1.00 bits per heavy atom. The van der Waals surface area contributed by atoms with Crippen molar-refractivity contribution in [2.24, 2.45) is 10.9 Å². The molecule has 0 aromatic heterocycles. The monoisotopic (exact) mass is 331 g/mol. The van der Waals surface area contributed by atoms with Gasteiger partial charge in [0.25, 0.3) is 0 Å². The zero-order valence-electron chi connectivity index (χ0n) is 14.3. The van der Waals surface area contributed by atoms with Gasteiger partial charge in [-0.25, -0.2) is 0 Å². The van der Waals surface area contributed by atoms with Crippen LogP contribution in [0, 0.1) is 5.92 Å². The predicted octanol–water partition coefficient (Wildman–Crippen LogP) is 4.21. The lowest BCUT2D eigenvalue weighted by Gasteiger charge is -2.10. The first-order chi connectivity index (χ1) is 12.3. The van der Waals surface area contributed by atoms with Crippen molar-refractivity contribution in [3.8, 4) is 0 Å². The quantitative estimate of drug-likeness (QED) is 0.787. The molecule has 0 spiro atoms. The average Bonchev–Trinajstić information content (AvgIpc) is 3.44. The molecule has 3 nitrogen and oxygen atoms in total. The largest absolute Gasteiger partial charge is 0.469 e. The third kappa shape index (κ3) is 3.02. The van der Waals surface area contributed by atoms with Gasteiger partial charge in [-0.1, -0.05) is 54.6 Å². The molecule has 0 radical (unpaired) electrons. The van der Waals surface area contributed by atoms with Gasteiger partial charge < -0.3 is 4.74 Å². The van der Waals surface area contributed by atoms with Crippen molar-refractivity contribution in [1.82, 2.24) is 0 Å². The van der Waals surface area contributed by atoms with E-state index in [0.29, 0.717) is 0 Å². The molecular weight excluding hydrogens is 310 g/mol. The van der Waals surface area contributed by atoms with E-state index in [0.717, 1.165) is 13.0 Å². The minimum Gasteiger partial charge on any atom is -0.469 e. The Morgan fingerprint density at radius 3 is 2.28 bits per heavy atom. The molecule has 1 aliphatic carbocycles. The number of aliphatic imine (C=N–C) groups is 1. The van der Waals surface area contributed by atoms with Gasteiger partial charge in [-0.15, -0.1) is 0 Å². The second-order valence-electron chi connectivity index (χ2n) is 6.63. The Morgan fingerprint density at radius 2 is 1.68 bits per heavy atom. The molecule has 0 N–H and O–H groups in total. The van der Waals surface area contributed by atoms with Crippen LogP contribution >= 0.6 is 0 Å². The molecule has 0 bridgehead atoms. The van der Waals surface area contributed by atoms with E-state index >= 15 is 0 Å². The number of hydrogen-bond acceptors (Lipinski definition) is 3. The number of hydrogen-bond donors (Lipinski definition) is 0. The fraction of sp³-hybridized carbons (Fsp3) is 0.273. The zero-order chi connectivity index (χ0) is 17.2. The average molecular weight is 331 g/mol. The van der Waals surface area contributed by atoms with Gasteiger partial charge in [0.2, 0.25) is 0 Å². The standard InChI is InChI=1S/C22H21NO2/c1-25-22(24)21-19(17-5-3-2-4-6-17)20(21)18-9-7-15(8-10-18)16-11-13-23-14-12-16/h2-11,13,19-21H,12,14H2,1H3/t19-,20-,21-/m1/s1. The van der Waals surface area contributed by atoms with E-state index in [1.54, 1.807) is 0 Å². The minimum atomic E-state index is -0.117. The maximum Gasteiger partial charge on any atom is 0.309 e. The Hall–Kier alpha value is -2.68. The molecule has 1 heterocycles. The number of dihydropyridines is 1. The highest BCUT2D eigenvalue weighted by Gasteiger charge is 2.56. The summed E-state index contributed by atoms with van der Waals surface area (Å²) < 4.78 is 5.03. The molecule has 1 fully saturated rings. The van der Waals surface area contributed by atoms with Crippen molar-refractivity contribution in [2.45, 2.75) is 18.3 Å². The second-order valence-corrected chi connectivity index (χ2v) is 6.63. The normalized spacial score (nSPS) is 24.5. The van der Waals surface area contributed by atoms with Gasteiger partial charge in [-0.05, 0) is 34.8 Å². The highest BCUT2D eigenvalue weighted by atomic mass is 16.5. The van der Waals surface area contributed by atoms with E-state index in [-0.39, 0.29) is 23.7 Å². The number of ether oxygens (including phenoxy) is 1. The highest BCUT2D eigenvalue weighted by molar-refractivity contribution is 5.86. The summed E-state index contributed by atoms with van der Waals surface area (Å²) in [6.45, 7) is 0.858. The third-order valence-electron chi connectivity index (χ3n) is 5.24. The van der Waals surface area contributed by atoms with Crippen LogP contribution in [0.1, 0.15) is 34.9 Å². The lowest BCUT2D eigenvalue weighted by Crippen LogP contribution is -2.05. The number of rotatable bonds is 4. The third-order valence-corrected chi connectivity index (χ3v) is 5.24. The molecule has 3 atom stereocenters. The number of carbonyl (C=O) groups is 1. The van der Waals surface area contributed by atoms with Crippen molar-refractivity contribution < 1.29 is 9.53 Å². The number of benzene rings is 2. The first-order valence-corrected chi connectivity index (χ1v) is 8.71. The Labute approximate surface area is 148 Å². The Balaban J connectivity index is 1.60. The van der Waals surface area contributed by atoms with Gasteiger partial charge in [-0.2, -0.15) is 0 Å². The van der Waals surface area contributed by atoms with Crippen LogP contribution in [0.25, 0.3) is 5.57 Å². The second kappa shape index (κ2) is 6.67. The maximum atomic E-state index is 12.2. The molecule has 3 heteroatoms. The van der Waals surface area contributed by atoms with Crippen LogP contribution in [0.3, 0.4) is 0 Å². The first-order valence-electron chi connectivity index (χ1n) is 8.71. The molecule has 0 unspecified atom stereocenters. The van der Waals surface area contributed by atoms with Crippen LogP contribution in [-0.4, -0.2) is 25.8 Å². The summed E-state index contributed by atoms with van der Waals surface area (Å²) in [6.07, 6.45) is 4.95. The van der Waals surface area contributed by atoms with Crippen LogP contribution in [-0.2, 0) is 9.53 Å². The van der Waals surface area contributed by atoms with Crippen LogP contribution < -0.4 is 0 Å². The van der Waals surface area contributed by atoms with Gasteiger partial charge in [-0.3, -0.25) is 9.79 Å². The van der Waals surface area contributed by atoms with Gasteiger partial charge >= 0.3 is 5.97 Å². The number of carbonyl (C=O) groups excluding carboxylic acids is 1. The predicted molar refractivity (Wildman–Crippen MR) is 99.8 cm³/mol. The number of methoxy groups -OCH3 is 1. The molecule has 1 saturated carbocycles. The number of esters is 1. The topological polar surface area (TPSA) is 38.7 Å². The molecule has 4 rings (SSSR count). The van der Waals surface area contributed by atoms with E-state index in [1.807, 2.05) is 24.4 Å². The van der Waals surface area contributed by atoms with E-state index < -0.39 is 0 Å². The molecular formula is C22H21NO2. The summed E-state index contributed by atoms with van der Waals surface area (Å²) in [5.41, 5.74) is 4.97. The van der Waals surface area contributed by atoms with E-state index in [9.17, 15) is 4.79 Å². The van der Waals surface area contributed by atoms with Crippen LogP contribution in [0.15, 0.2) is 65.7 Å². The van der Waals surface area contributed by atoms with Gasteiger partial charge in [0, 0.05) is 24.6 Å². The number of nitrogens with zero attached hydrogens (tertiary/aromatic N) is 1. The van der Waals surface area contributed by atoms with Gasteiger partial charge in [0.05, 0.1) is 13.0 Å². The summed E-state index contributed by atoms with van der Waals surface area (Å²) in [6, 6.07) is 18.9. The molecule has 0 saturated heterocycles. The molecule has 2 aromatic rings. The van der Waals surface area contributed by atoms with Crippen LogP contribution in [0.5, 0.6) is 0 Å². The molecule has 25 heavy (non-hydrogen) atoms. The van der Waals surface area contributed by atoms with Crippen LogP contribution in [0.4, 0.5) is 0 Å². The minimum absolute atomic E-state index is 0.0840. The fourth-order valence-corrected chi connectivity index (χ4v) is 3.89. The van der Waals surface area contributed by atoms with E-state index in [1.165, 1.54) is 29.4 Å². The molecule has 0 amide bonds. The van der Waals surface area contributed by atoms with Crippen molar-refractivity contribution in [1.29, 1.82) is 0 Å². The Kier molecular flexibility index (Phi) is 4.22. The highest BCUT2D eigenvalue weighted by Crippen LogP contribution is 2.60. The lowest BCUT2D eigenvalue weighted by atomic mass is 9.98. The molecule has 126 valence electrons. The van der Waals surface area contributed by atoms with E-state index in [4.69, 9.17) is 4.74 Å².